The molecule has 1 aliphatic heterocycles. The Morgan fingerprint density at radius 1 is 0.929 bits per heavy atom. The number of unbranched alkanes of at least 4 members (excludes halogenated alkanes) is 1. The van der Waals surface area contributed by atoms with Crippen LogP contribution in [-0.4, -0.2) is 23.3 Å². The van der Waals surface area contributed by atoms with Gasteiger partial charge in [0.1, 0.15) is 0 Å². The predicted octanol–water partition coefficient (Wildman–Crippen LogP) is 4.89. The number of rotatable bonds is 5. The Bertz CT molecular complexity index is 1090. The molecule has 0 aromatic heterocycles. The maximum absolute atomic E-state index is 13.0. The lowest BCUT2D eigenvalue weighted by atomic mass is 9.84. The van der Waals surface area contributed by atoms with Gasteiger partial charge in [0, 0.05) is 23.1 Å². The topological polar surface area (TPSA) is 61.2 Å². The summed E-state index contributed by atoms with van der Waals surface area (Å²) in [7, 11) is 0. The maximum atomic E-state index is 13.0. The van der Waals surface area contributed by atoms with E-state index in [2.05, 4.69) is 6.07 Å². The Kier molecular flexibility index (Phi) is 4.67. The van der Waals surface area contributed by atoms with Crippen LogP contribution in [0.1, 0.15) is 57.5 Å². The van der Waals surface area contributed by atoms with Crippen LogP contribution in [0.25, 0.3) is 10.8 Å². The molecule has 138 valence electrons. The first-order valence-electron chi connectivity index (χ1n) is 9.53. The number of nitrogens with zero attached hydrogens (tertiary/aromatic N) is 2. The Morgan fingerprint density at radius 2 is 1.64 bits per heavy atom. The number of imide groups is 1. The standard InChI is InChI=1S/C24H20N2O2/c1-2-3-14-26-23(27)19-11-7-10-18-17(12-13-20(22(18)19)24(26)28)21(15-25)16-8-5-4-6-9-16/h4-13,21H,2-3,14H2,1H3. The quantitative estimate of drug-likeness (QED) is 0.602. The Labute approximate surface area is 164 Å². The summed E-state index contributed by atoms with van der Waals surface area (Å²) in [6.45, 7) is 2.46. The molecule has 4 rings (SSSR count). The number of amides is 2. The molecule has 0 aliphatic carbocycles. The highest BCUT2D eigenvalue weighted by Gasteiger charge is 2.33. The van der Waals surface area contributed by atoms with Crippen LogP contribution in [0.3, 0.4) is 0 Å². The van der Waals surface area contributed by atoms with Crippen LogP contribution in [0.15, 0.2) is 60.7 Å². The summed E-state index contributed by atoms with van der Waals surface area (Å²) < 4.78 is 0. The predicted molar refractivity (Wildman–Crippen MR) is 108 cm³/mol. The van der Waals surface area contributed by atoms with Gasteiger partial charge in [-0.25, -0.2) is 0 Å². The number of hydrogen-bond acceptors (Lipinski definition) is 3. The van der Waals surface area contributed by atoms with Crippen LogP contribution in [0, 0.1) is 11.3 Å². The molecule has 0 N–H and O–H groups in total. The second-order valence-electron chi connectivity index (χ2n) is 7.02. The molecule has 2 amide bonds. The molecule has 1 heterocycles. The average Bonchev–Trinajstić information content (AvgIpc) is 2.74. The summed E-state index contributed by atoms with van der Waals surface area (Å²) >= 11 is 0. The van der Waals surface area contributed by atoms with Gasteiger partial charge < -0.3 is 0 Å². The normalized spacial score (nSPS) is 14.2. The zero-order chi connectivity index (χ0) is 19.7. The minimum atomic E-state index is -0.464. The Morgan fingerprint density at radius 3 is 2.32 bits per heavy atom. The summed E-state index contributed by atoms with van der Waals surface area (Å²) in [5.41, 5.74) is 2.78. The molecule has 1 atom stereocenters. The van der Waals surface area contributed by atoms with Gasteiger partial charge >= 0.3 is 0 Å². The minimum absolute atomic E-state index is 0.248. The number of nitriles is 1. The highest BCUT2D eigenvalue weighted by Crippen LogP contribution is 2.36. The van der Waals surface area contributed by atoms with E-state index in [-0.39, 0.29) is 11.8 Å². The monoisotopic (exact) mass is 368 g/mol. The zero-order valence-corrected chi connectivity index (χ0v) is 15.7. The molecule has 4 nitrogen and oxygen atoms in total. The van der Waals surface area contributed by atoms with Crippen molar-refractivity contribution in [3.8, 4) is 6.07 Å². The van der Waals surface area contributed by atoms with Crippen molar-refractivity contribution in [3.05, 3.63) is 82.9 Å². The van der Waals surface area contributed by atoms with Crippen LogP contribution in [0.2, 0.25) is 0 Å². The third-order valence-corrected chi connectivity index (χ3v) is 5.33. The van der Waals surface area contributed by atoms with Gasteiger partial charge in [0.05, 0.1) is 12.0 Å². The fourth-order valence-corrected chi connectivity index (χ4v) is 3.91. The summed E-state index contributed by atoms with van der Waals surface area (Å²) in [6, 6.07) is 21.1. The van der Waals surface area contributed by atoms with Gasteiger partial charge in [-0.2, -0.15) is 5.26 Å². The maximum Gasteiger partial charge on any atom is 0.261 e. The molecular weight excluding hydrogens is 348 g/mol. The lowest BCUT2D eigenvalue weighted by Crippen LogP contribution is -2.40. The van der Waals surface area contributed by atoms with E-state index in [1.807, 2.05) is 55.5 Å². The second kappa shape index (κ2) is 7.28. The van der Waals surface area contributed by atoms with Crippen LogP contribution >= 0.6 is 0 Å². The molecule has 0 fully saturated rings. The van der Waals surface area contributed by atoms with Gasteiger partial charge in [0.25, 0.3) is 11.8 Å². The Hall–Kier alpha value is -3.45. The van der Waals surface area contributed by atoms with Crippen molar-refractivity contribution in [2.24, 2.45) is 0 Å². The fraction of sp³-hybridized carbons (Fsp3) is 0.208. The van der Waals surface area contributed by atoms with Gasteiger partial charge in [0.15, 0.2) is 0 Å². The van der Waals surface area contributed by atoms with E-state index in [9.17, 15) is 14.9 Å². The molecule has 28 heavy (non-hydrogen) atoms. The van der Waals surface area contributed by atoms with E-state index in [0.717, 1.165) is 29.4 Å². The molecule has 1 unspecified atom stereocenters. The van der Waals surface area contributed by atoms with Crippen molar-refractivity contribution < 1.29 is 9.59 Å². The lowest BCUT2D eigenvalue weighted by Gasteiger charge is -2.28. The van der Waals surface area contributed by atoms with Gasteiger partial charge in [-0.1, -0.05) is 61.9 Å². The third kappa shape index (κ3) is 2.76. The van der Waals surface area contributed by atoms with Crippen molar-refractivity contribution in [1.82, 2.24) is 4.90 Å². The van der Waals surface area contributed by atoms with Gasteiger partial charge in [-0.3, -0.25) is 14.5 Å². The third-order valence-electron chi connectivity index (χ3n) is 5.33. The van der Waals surface area contributed by atoms with Crippen LogP contribution in [0.5, 0.6) is 0 Å². The first-order valence-corrected chi connectivity index (χ1v) is 9.53. The zero-order valence-electron chi connectivity index (χ0n) is 15.7. The fourth-order valence-electron chi connectivity index (χ4n) is 3.91. The highest BCUT2D eigenvalue weighted by molar-refractivity contribution is 6.25. The van der Waals surface area contributed by atoms with E-state index in [4.69, 9.17) is 0 Å². The first-order chi connectivity index (χ1) is 13.7. The number of carbonyl (C=O) groups excluding carboxylic acids is 2. The van der Waals surface area contributed by atoms with Gasteiger partial charge in [0.2, 0.25) is 0 Å². The largest absolute Gasteiger partial charge is 0.274 e. The van der Waals surface area contributed by atoms with Crippen molar-refractivity contribution in [2.75, 3.05) is 6.54 Å². The first kappa shape index (κ1) is 17.9. The smallest absolute Gasteiger partial charge is 0.261 e. The molecule has 0 saturated carbocycles. The Balaban J connectivity index is 1.91. The summed E-state index contributed by atoms with van der Waals surface area (Å²) in [6.07, 6.45) is 1.69. The SMILES string of the molecule is CCCCN1C(=O)c2cccc3c(C(C#N)c4ccccc4)ccc(c23)C1=O. The van der Waals surface area contributed by atoms with Crippen molar-refractivity contribution in [2.45, 2.75) is 25.7 Å². The van der Waals surface area contributed by atoms with E-state index < -0.39 is 5.92 Å². The number of benzene rings is 3. The molecule has 4 heteroatoms. The van der Waals surface area contributed by atoms with Crippen molar-refractivity contribution in [1.29, 1.82) is 5.26 Å². The molecule has 0 spiro atoms. The molecule has 0 radical (unpaired) electrons. The summed E-state index contributed by atoms with van der Waals surface area (Å²) in [4.78, 5) is 27.3. The average molecular weight is 368 g/mol. The molecule has 3 aromatic carbocycles. The van der Waals surface area contributed by atoms with Crippen molar-refractivity contribution >= 4 is 22.6 Å². The van der Waals surface area contributed by atoms with E-state index >= 15 is 0 Å². The molecule has 3 aromatic rings. The van der Waals surface area contributed by atoms with E-state index in [1.54, 1.807) is 12.1 Å². The second-order valence-corrected chi connectivity index (χ2v) is 7.02. The molecule has 1 aliphatic rings. The number of carbonyl (C=O) groups is 2. The van der Waals surface area contributed by atoms with E-state index in [1.165, 1.54) is 4.90 Å². The van der Waals surface area contributed by atoms with Crippen LogP contribution < -0.4 is 0 Å². The molecule has 0 saturated heterocycles. The van der Waals surface area contributed by atoms with Crippen molar-refractivity contribution in [3.63, 3.8) is 0 Å². The van der Waals surface area contributed by atoms with E-state index in [0.29, 0.717) is 23.1 Å². The number of hydrogen-bond donors (Lipinski definition) is 0. The molecule has 0 bridgehead atoms. The van der Waals surface area contributed by atoms with Crippen LogP contribution in [0.4, 0.5) is 0 Å². The highest BCUT2D eigenvalue weighted by atomic mass is 16.2. The summed E-state index contributed by atoms with van der Waals surface area (Å²) in [5, 5.41) is 11.3. The van der Waals surface area contributed by atoms with Gasteiger partial charge in [-0.05, 0) is 35.1 Å². The lowest BCUT2D eigenvalue weighted by molar-refractivity contribution is 0.0608. The summed E-state index contributed by atoms with van der Waals surface area (Å²) in [5.74, 6) is -0.960. The van der Waals surface area contributed by atoms with Gasteiger partial charge in [-0.15, -0.1) is 0 Å². The van der Waals surface area contributed by atoms with Crippen LogP contribution in [-0.2, 0) is 0 Å². The molecular formula is C24H20N2O2. The minimum Gasteiger partial charge on any atom is -0.274 e.